The van der Waals surface area contributed by atoms with Gasteiger partial charge in [0.05, 0.1) is 13.2 Å². The lowest BCUT2D eigenvalue weighted by molar-refractivity contribution is -0.161. The number of hydrogen-bond acceptors (Lipinski definition) is 8. The fourth-order valence-corrected chi connectivity index (χ4v) is 7.55. The van der Waals surface area contributed by atoms with Crippen molar-refractivity contribution in [2.24, 2.45) is 0 Å². The predicted molar refractivity (Wildman–Crippen MR) is 229 cm³/mol. The molecule has 0 aromatic rings. The van der Waals surface area contributed by atoms with Gasteiger partial charge in [-0.15, -0.1) is 0 Å². The molecule has 0 spiro atoms. The van der Waals surface area contributed by atoms with Crippen molar-refractivity contribution in [1.82, 2.24) is 4.90 Å². The molecule has 0 heterocycles. The van der Waals surface area contributed by atoms with E-state index < -0.39 is 26.5 Å². The average molecular weight is 804 g/mol. The molecular formula is C45H90NO8P. The van der Waals surface area contributed by atoms with Crippen LogP contribution in [0, 0.1) is 0 Å². The summed E-state index contributed by atoms with van der Waals surface area (Å²) in [6.07, 6.45) is 40.0. The van der Waals surface area contributed by atoms with Crippen LogP contribution in [0.15, 0.2) is 0 Å². The highest BCUT2D eigenvalue weighted by Gasteiger charge is 2.26. The molecule has 0 rings (SSSR count). The second kappa shape index (κ2) is 41.2. The Labute approximate surface area is 340 Å². The number of carbonyl (C=O) groups is 2. The molecule has 1 N–H and O–H groups in total. The normalized spacial score (nSPS) is 13.3. The minimum absolute atomic E-state index is 0.0126. The molecule has 2 unspecified atom stereocenters. The monoisotopic (exact) mass is 804 g/mol. The van der Waals surface area contributed by atoms with Crippen LogP contribution in [0.1, 0.15) is 232 Å². The van der Waals surface area contributed by atoms with Gasteiger partial charge >= 0.3 is 19.8 Å². The van der Waals surface area contributed by atoms with E-state index in [0.717, 1.165) is 38.5 Å². The lowest BCUT2D eigenvalue weighted by atomic mass is 10.0. The summed E-state index contributed by atoms with van der Waals surface area (Å²) >= 11 is 0. The van der Waals surface area contributed by atoms with Crippen LogP contribution >= 0.6 is 7.82 Å². The Balaban J connectivity index is 4.18. The van der Waals surface area contributed by atoms with Gasteiger partial charge in [0.1, 0.15) is 6.61 Å². The minimum atomic E-state index is -4.35. The topological polar surface area (TPSA) is 112 Å². The number of phosphoric acid groups is 1. The van der Waals surface area contributed by atoms with Crippen LogP contribution in [0.5, 0.6) is 0 Å². The molecule has 2 atom stereocenters. The summed E-state index contributed by atoms with van der Waals surface area (Å²) in [6.45, 7) is 4.37. The molecule has 55 heavy (non-hydrogen) atoms. The lowest BCUT2D eigenvalue weighted by Gasteiger charge is -2.20. The first-order valence-electron chi connectivity index (χ1n) is 23.3. The highest BCUT2D eigenvalue weighted by atomic mass is 31.2. The largest absolute Gasteiger partial charge is 0.472 e. The van der Waals surface area contributed by atoms with Crippen molar-refractivity contribution in [1.29, 1.82) is 0 Å². The zero-order chi connectivity index (χ0) is 40.5. The van der Waals surface area contributed by atoms with Crippen molar-refractivity contribution in [2.75, 3.05) is 40.5 Å². The maximum absolute atomic E-state index is 12.7. The molecule has 9 nitrogen and oxygen atoms in total. The predicted octanol–water partition coefficient (Wildman–Crippen LogP) is 13.4. The first kappa shape index (κ1) is 54.0. The second-order valence-electron chi connectivity index (χ2n) is 16.3. The number of unbranched alkanes of at least 4 members (excludes halogenated alkanes) is 30. The Kier molecular flexibility index (Phi) is 40.4. The maximum atomic E-state index is 12.7. The molecule has 0 aliphatic heterocycles. The summed E-state index contributed by atoms with van der Waals surface area (Å²) in [5, 5.41) is 0. The van der Waals surface area contributed by atoms with Crippen molar-refractivity contribution in [3.05, 3.63) is 0 Å². The SMILES string of the molecule is CCCCCCCCCCCCCCCCCCCCCC(=O)OC(COC(=O)CCCCCCCCCCCCCCC)COP(=O)(O)OCCN(C)C. The Bertz CT molecular complexity index is 889. The van der Waals surface area contributed by atoms with E-state index in [9.17, 15) is 19.0 Å². The van der Waals surface area contributed by atoms with Crippen LogP contribution in [0.3, 0.4) is 0 Å². The van der Waals surface area contributed by atoms with E-state index in [-0.39, 0.29) is 25.6 Å². The van der Waals surface area contributed by atoms with E-state index in [1.807, 2.05) is 19.0 Å². The Morgan fingerprint density at radius 1 is 0.491 bits per heavy atom. The van der Waals surface area contributed by atoms with Crippen molar-refractivity contribution in [2.45, 2.75) is 238 Å². The van der Waals surface area contributed by atoms with Crippen LogP contribution < -0.4 is 0 Å². The minimum Gasteiger partial charge on any atom is -0.462 e. The van der Waals surface area contributed by atoms with E-state index >= 15 is 0 Å². The average Bonchev–Trinajstić information content (AvgIpc) is 3.15. The van der Waals surface area contributed by atoms with E-state index in [4.69, 9.17) is 18.5 Å². The highest BCUT2D eigenvalue weighted by Crippen LogP contribution is 2.43. The summed E-state index contributed by atoms with van der Waals surface area (Å²) in [7, 11) is -0.696. The van der Waals surface area contributed by atoms with Crippen LogP contribution in [0.2, 0.25) is 0 Å². The molecule has 0 saturated heterocycles. The third kappa shape index (κ3) is 42.4. The number of ether oxygens (including phenoxy) is 2. The summed E-state index contributed by atoms with van der Waals surface area (Å²) < 4.78 is 33.5. The van der Waals surface area contributed by atoms with Gasteiger partial charge in [-0.05, 0) is 26.9 Å². The Morgan fingerprint density at radius 2 is 0.818 bits per heavy atom. The van der Waals surface area contributed by atoms with Gasteiger partial charge in [0.2, 0.25) is 0 Å². The van der Waals surface area contributed by atoms with Crippen molar-refractivity contribution >= 4 is 19.8 Å². The maximum Gasteiger partial charge on any atom is 0.472 e. The van der Waals surface area contributed by atoms with Crippen LogP contribution in [-0.2, 0) is 32.7 Å². The van der Waals surface area contributed by atoms with Gasteiger partial charge < -0.3 is 19.3 Å². The molecule has 0 amide bonds. The fourth-order valence-electron chi connectivity index (χ4n) is 6.81. The smallest absolute Gasteiger partial charge is 0.462 e. The van der Waals surface area contributed by atoms with Crippen molar-refractivity contribution in [3.8, 4) is 0 Å². The van der Waals surface area contributed by atoms with Crippen molar-refractivity contribution in [3.63, 3.8) is 0 Å². The molecule has 0 aromatic heterocycles. The molecule has 0 saturated carbocycles. The molecule has 0 aliphatic rings. The van der Waals surface area contributed by atoms with Gasteiger partial charge in [0, 0.05) is 19.4 Å². The lowest BCUT2D eigenvalue weighted by Crippen LogP contribution is -2.29. The zero-order valence-electron chi connectivity index (χ0n) is 36.6. The van der Waals surface area contributed by atoms with Gasteiger partial charge in [0.15, 0.2) is 6.10 Å². The number of hydrogen-bond donors (Lipinski definition) is 1. The third-order valence-corrected chi connectivity index (χ3v) is 11.4. The quantitative estimate of drug-likeness (QED) is 0.0365. The number of carbonyl (C=O) groups excluding carboxylic acids is 2. The Hall–Kier alpha value is -0.990. The molecule has 0 bridgehead atoms. The summed E-state index contributed by atoms with van der Waals surface area (Å²) in [5.41, 5.74) is 0. The number of nitrogens with zero attached hydrogens (tertiary/aromatic N) is 1. The number of esters is 2. The number of phosphoric ester groups is 1. The van der Waals surface area contributed by atoms with Crippen LogP contribution in [-0.4, -0.2) is 68.3 Å². The van der Waals surface area contributed by atoms with Gasteiger partial charge in [-0.2, -0.15) is 0 Å². The first-order valence-corrected chi connectivity index (χ1v) is 24.8. The van der Waals surface area contributed by atoms with Gasteiger partial charge in [-0.25, -0.2) is 4.57 Å². The fraction of sp³-hybridized carbons (Fsp3) is 0.956. The molecule has 10 heteroatoms. The standard InChI is InChI=1S/C45H90NO8P/c1-5-7-9-11-13-15-17-19-20-21-22-23-24-26-28-30-32-34-36-38-45(48)54-43(42-53-55(49,50)52-40-39-46(3)4)41-51-44(47)37-35-33-31-29-27-25-18-16-14-12-10-8-6-2/h43H,5-42H2,1-4H3,(H,49,50). The van der Waals surface area contributed by atoms with Crippen LogP contribution in [0.4, 0.5) is 0 Å². The molecular weight excluding hydrogens is 713 g/mol. The van der Waals surface area contributed by atoms with E-state index in [1.54, 1.807) is 0 Å². The van der Waals surface area contributed by atoms with E-state index in [0.29, 0.717) is 13.0 Å². The molecule has 0 radical (unpaired) electrons. The molecule has 0 aliphatic carbocycles. The molecule has 328 valence electrons. The molecule has 0 aromatic carbocycles. The van der Waals surface area contributed by atoms with Crippen LogP contribution in [0.25, 0.3) is 0 Å². The first-order chi connectivity index (χ1) is 26.7. The second-order valence-corrected chi connectivity index (χ2v) is 17.8. The van der Waals surface area contributed by atoms with E-state index in [2.05, 4.69) is 13.8 Å². The van der Waals surface area contributed by atoms with Crippen molar-refractivity contribution < 1.29 is 37.6 Å². The van der Waals surface area contributed by atoms with Gasteiger partial charge in [-0.3, -0.25) is 18.6 Å². The molecule has 0 fully saturated rings. The Morgan fingerprint density at radius 3 is 1.16 bits per heavy atom. The summed E-state index contributed by atoms with van der Waals surface area (Å²) in [6, 6.07) is 0. The summed E-state index contributed by atoms with van der Waals surface area (Å²) in [4.78, 5) is 37.1. The number of rotatable bonds is 44. The van der Waals surface area contributed by atoms with Gasteiger partial charge in [0.25, 0.3) is 0 Å². The zero-order valence-corrected chi connectivity index (χ0v) is 37.5. The number of likely N-dealkylation sites (N-methyl/N-ethyl adjacent to an activating group) is 1. The van der Waals surface area contributed by atoms with E-state index in [1.165, 1.54) is 167 Å². The summed E-state index contributed by atoms with van der Waals surface area (Å²) in [5.74, 6) is -0.785. The third-order valence-electron chi connectivity index (χ3n) is 10.4. The van der Waals surface area contributed by atoms with Gasteiger partial charge in [-0.1, -0.05) is 206 Å². The highest BCUT2D eigenvalue weighted by molar-refractivity contribution is 7.47.